The van der Waals surface area contributed by atoms with Crippen LogP contribution in [0.4, 0.5) is 5.69 Å². The Morgan fingerprint density at radius 3 is 2.84 bits per heavy atom. The summed E-state index contributed by atoms with van der Waals surface area (Å²) in [6, 6.07) is 8.67. The van der Waals surface area contributed by atoms with Gasteiger partial charge in [0, 0.05) is 69.4 Å². The van der Waals surface area contributed by atoms with Crippen LogP contribution in [0.15, 0.2) is 35.8 Å². The van der Waals surface area contributed by atoms with E-state index in [0.717, 1.165) is 44.2 Å². The van der Waals surface area contributed by atoms with Gasteiger partial charge < -0.3 is 10.2 Å². The SMILES string of the molecule is Cc1cccc(N2CCN(CCC(=O)NCCc3nccs3)CC2)c1. The maximum Gasteiger partial charge on any atom is 0.221 e. The second-order valence-corrected chi connectivity index (χ2v) is 7.42. The number of aromatic nitrogens is 1. The summed E-state index contributed by atoms with van der Waals surface area (Å²) in [6.45, 7) is 7.72. The molecule has 3 rings (SSSR count). The molecule has 2 aromatic rings. The number of carbonyl (C=O) groups excluding carboxylic acids is 1. The van der Waals surface area contributed by atoms with Gasteiger partial charge in [-0.15, -0.1) is 11.3 Å². The van der Waals surface area contributed by atoms with E-state index in [-0.39, 0.29) is 5.91 Å². The monoisotopic (exact) mass is 358 g/mol. The first-order valence-corrected chi connectivity index (χ1v) is 9.78. The molecule has 0 unspecified atom stereocenters. The molecule has 1 aromatic carbocycles. The molecule has 1 aliphatic rings. The van der Waals surface area contributed by atoms with Crippen molar-refractivity contribution in [2.24, 2.45) is 0 Å². The molecule has 0 spiro atoms. The summed E-state index contributed by atoms with van der Waals surface area (Å²) in [4.78, 5) is 21.0. The van der Waals surface area contributed by atoms with E-state index in [1.54, 1.807) is 17.5 Å². The molecule has 0 aliphatic carbocycles. The number of nitrogens with zero attached hydrogens (tertiary/aromatic N) is 3. The summed E-state index contributed by atoms with van der Waals surface area (Å²) >= 11 is 1.63. The molecule has 0 bridgehead atoms. The van der Waals surface area contributed by atoms with Gasteiger partial charge >= 0.3 is 0 Å². The van der Waals surface area contributed by atoms with Crippen LogP contribution in [0.5, 0.6) is 0 Å². The van der Waals surface area contributed by atoms with Crippen LogP contribution < -0.4 is 10.2 Å². The molecule has 1 N–H and O–H groups in total. The van der Waals surface area contributed by atoms with Crippen molar-refractivity contribution < 1.29 is 4.79 Å². The largest absolute Gasteiger partial charge is 0.369 e. The summed E-state index contributed by atoms with van der Waals surface area (Å²) in [5, 5.41) is 6.03. The quantitative estimate of drug-likeness (QED) is 0.825. The van der Waals surface area contributed by atoms with Gasteiger partial charge in [0.1, 0.15) is 0 Å². The summed E-state index contributed by atoms with van der Waals surface area (Å²) in [5.74, 6) is 0.137. The average Bonchev–Trinajstić information content (AvgIpc) is 3.14. The predicted molar refractivity (Wildman–Crippen MR) is 103 cm³/mol. The molecule has 1 aromatic heterocycles. The Morgan fingerprint density at radius 2 is 2.12 bits per heavy atom. The van der Waals surface area contributed by atoms with Gasteiger partial charge in [-0.3, -0.25) is 9.69 Å². The van der Waals surface area contributed by atoms with E-state index in [4.69, 9.17) is 0 Å². The Morgan fingerprint density at radius 1 is 1.28 bits per heavy atom. The van der Waals surface area contributed by atoms with Crippen molar-refractivity contribution in [1.29, 1.82) is 0 Å². The topological polar surface area (TPSA) is 48.5 Å². The summed E-state index contributed by atoms with van der Waals surface area (Å²) < 4.78 is 0. The lowest BCUT2D eigenvalue weighted by atomic mass is 10.2. The zero-order valence-corrected chi connectivity index (χ0v) is 15.6. The maximum absolute atomic E-state index is 12.0. The highest BCUT2D eigenvalue weighted by atomic mass is 32.1. The number of hydrogen-bond acceptors (Lipinski definition) is 5. The average molecular weight is 359 g/mol. The third-order valence-corrected chi connectivity index (χ3v) is 5.38. The Hall–Kier alpha value is -1.92. The molecule has 1 amide bonds. The highest BCUT2D eigenvalue weighted by molar-refractivity contribution is 7.09. The minimum Gasteiger partial charge on any atom is -0.369 e. The number of rotatable bonds is 7. The second kappa shape index (κ2) is 8.97. The Kier molecular flexibility index (Phi) is 6.42. The number of piperazine rings is 1. The van der Waals surface area contributed by atoms with Gasteiger partial charge in [0.25, 0.3) is 0 Å². The van der Waals surface area contributed by atoms with Crippen LogP contribution in [0.2, 0.25) is 0 Å². The molecule has 1 saturated heterocycles. The second-order valence-electron chi connectivity index (χ2n) is 6.44. The summed E-state index contributed by atoms with van der Waals surface area (Å²) in [6.07, 6.45) is 3.19. The number of nitrogens with one attached hydrogen (secondary N) is 1. The summed E-state index contributed by atoms with van der Waals surface area (Å²) in [7, 11) is 0. The molecular formula is C19H26N4OS. The van der Waals surface area contributed by atoms with Crippen molar-refractivity contribution in [3.63, 3.8) is 0 Å². The van der Waals surface area contributed by atoms with Crippen molar-refractivity contribution >= 4 is 22.9 Å². The van der Waals surface area contributed by atoms with Crippen LogP contribution in [0.3, 0.4) is 0 Å². The minimum absolute atomic E-state index is 0.137. The van der Waals surface area contributed by atoms with Crippen LogP contribution in [0.25, 0.3) is 0 Å². The normalized spacial score (nSPS) is 15.3. The molecule has 6 heteroatoms. The first kappa shape index (κ1) is 17.9. The molecule has 134 valence electrons. The van der Waals surface area contributed by atoms with Crippen molar-refractivity contribution in [2.75, 3.05) is 44.2 Å². The smallest absolute Gasteiger partial charge is 0.221 e. The van der Waals surface area contributed by atoms with Gasteiger partial charge in [0.05, 0.1) is 5.01 Å². The molecule has 2 heterocycles. The predicted octanol–water partition coefficient (Wildman–Crippen LogP) is 2.32. The van der Waals surface area contributed by atoms with E-state index in [0.29, 0.717) is 13.0 Å². The van der Waals surface area contributed by atoms with E-state index in [2.05, 4.69) is 51.3 Å². The first-order chi connectivity index (χ1) is 12.2. The fourth-order valence-corrected chi connectivity index (χ4v) is 3.71. The van der Waals surface area contributed by atoms with E-state index in [1.807, 2.05) is 5.38 Å². The van der Waals surface area contributed by atoms with Crippen molar-refractivity contribution in [3.05, 3.63) is 46.4 Å². The Balaban J connectivity index is 1.33. The molecule has 1 fully saturated rings. The number of anilines is 1. The van der Waals surface area contributed by atoms with Crippen molar-refractivity contribution in [2.45, 2.75) is 19.8 Å². The van der Waals surface area contributed by atoms with Gasteiger partial charge in [-0.05, 0) is 24.6 Å². The highest BCUT2D eigenvalue weighted by Crippen LogP contribution is 2.17. The highest BCUT2D eigenvalue weighted by Gasteiger charge is 2.17. The van der Waals surface area contributed by atoms with Gasteiger partial charge in [-0.1, -0.05) is 12.1 Å². The molecule has 0 saturated carbocycles. The maximum atomic E-state index is 12.0. The lowest BCUT2D eigenvalue weighted by Crippen LogP contribution is -2.47. The van der Waals surface area contributed by atoms with Crippen LogP contribution in [0.1, 0.15) is 17.0 Å². The van der Waals surface area contributed by atoms with Crippen LogP contribution in [-0.2, 0) is 11.2 Å². The standard InChI is InChI=1S/C19H26N4OS/c1-16-3-2-4-17(15-16)23-12-10-22(11-13-23)9-6-18(24)20-7-5-19-21-8-14-25-19/h2-4,8,14-15H,5-7,9-13H2,1H3,(H,20,24). The number of hydrogen-bond donors (Lipinski definition) is 1. The Bertz CT molecular complexity index is 666. The summed E-state index contributed by atoms with van der Waals surface area (Å²) in [5.41, 5.74) is 2.61. The zero-order valence-electron chi connectivity index (χ0n) is 14.8. The van der Waals surface area contributed by atoms with E-state index in [9.17, 15) is 4.79 Å². The molecule has 25 heavy (non-hydrogen) atoms. The van der Waals surface area contributed by atoms with Gasteiger partial charge in [0.15, 0.2) is 0 Å². The third kappa shape index (κ3) is 5.54. The van der Waals surface area contributed by atoms with Crippen LogP contribution in [-0.4, -0.2) is 55.1 Å². The van der Waals surface area contributed by atoms with Crippen LogP contribution >= 0.6 is 11.3 Å². The molecule has 0 atom stereocenters. The number of carbonyl (C=O) groups is 1. The zero-order chi connectivity index (χ0) is 17.5. The fraction of sp³-hybridized carbons (Fsp3) is 0.474. The van der Waals surface area contributed by atoms with Crippen LogP contribution in [0, 0.1) is 6.92 Å². The molecule has 5 nitrogen and oxygen atoms in total. The first-order valence-electron chi connectivity index (χ1n) is 8.90. The van der Waals surface area contributed by atoms with Crippen molar-refractivity contribution in [3.8, 4) is 0 Å². The Labute approximate surface area is 153 Å². The van der Waals surface area contributed by atoms with Gasteiger partial charge in [0.2, 0.25) is 5.91 Å². The molecule has 0 radical (unpaired) electrons. The van der Waals surface area contributed by atoms with E-state index < -0.39 is 0 Å². The molecule has 1 aliphatic heterocycles. The van der Waals surface area contributed by atoms with E-state index >= 15 is 0 Å². The third-order valence-electron chi connectivity index (χ3n) is 4.54. The van der Waals surface area contributed by atoms with Gasteiger partial charge in [-0.2, -0.15) is 0 Å². The van der Waals surface area contributed by atoms with E-state index in [1.165, 1.54) is 11.3 Å². The minimum atomic E-state index is 0.137. The van der Waals surface area contributed by atoms with Gasteiger partial charge in [-0.25, -0.2) is 4.98 Å². The fourth-order valence-electron chi connectivity index (χ4n) is 3.09. The number of thiazole rings is 1. The molecular weight excluding hydrogens is 332 g/mol. The number of amides is 1. The number of aryl methyl sites for hydroxylation is 1. The van der Waals surface area contributed by atoms with Crippen molar-refractivity contribution in [1.82, 2.24) is 15.2 Å². The lowest BCUT2D eigenvalue weighted by Gasteiger charge is -2.36. The number of benzene rings is 1. The lowest BCUT2D eigenvalue weighted by molar-refractivity contribution is -0.121.